The summed E-state index contributed by atoms with van der Waals surface area (Å²) in [6, 6.07) is 24.0. The van der Waals surface area contributed by atoms with Gasteiger partial charge in [-0.15, -0.1) is 0 Å². The normalized spacial score (nSPS) is 11.8. The average Bonchev–Trinajstić information content (AvgIpc) is 3.27. The van der Waals surface area contributed by atoms with Crippen molar-refractivity contribution in [1.29, 1.82) is 0 Å². The second-order valence-electron chi connectivity index (χ2n) is 7.81. The van der Waals surface area contributed by atoms with Crippen molar-refractivity contribution in [2.45, 2.75) is 12.3 Å². The molecule has 6 nitrogen and oxygen atoms in total. The number of carbonyl (C=O) groups excluding carboxylic acids is 1. The van der Waals surface area contributed by atoms with Crippen LogP contribution in [0.15, 0.2) is 78.9 Å². The van der Waals surface area contributed by atoms with Crippen molar-refractivity contribution in [3.63, 3.8) is 0 Å². The van der Waals surface area contributed by atoms with Gasteiger partial charge in [0.1, 0.15) is 5.75 Å². The standard InChI is InChI=1S/C26H23Cl2N3O3/c1-30(33)26(32)24(17-3-7-19(27)8-4-17)15-21-16-25(18-5-9-20(28)10-6-18)31(29-21)22-11-13-23(34-2)14-12-22/h3-14,16,24,33H,15H2,1-2H3. The molecular formula is C26H23Cl2N3O3. The first-order valence-corrected chi connectivity index (χ1v) is 11.3. The van der Waals surface area contributed by atoms with E-state index >= 15 is 0 Å². The smallest absolute Gasteiger partial charge is 0.253 e. The molecule has 0 fully saturated rings. The maximum absolute atomic E-state index is 12.9. The monoisotopic (exact) mass is 495 g/mol. The Labute approximate surface area is 207 Å². The highest BCUT2D eigenvalue weighted by molar-refractivity contribution is 6.30. The molecule has 0 aliphatic carbocycles. The first-order valence-electron chi connectivity index (χ1n) is 10.6. The van der Waals surface area contributed by atoms with Crippen LogP contribution in [0.3, 0.4) is 0 Å². The predicted molar refractivity (Wildman–Crippen MR) is 133 cm³/mol. The number of benzene rings is 3. The van der Waals surface area contributed by atoms with E-state index in [-0.39, 0.29) is 6.42 Å². The zero-order valence-corrected chi connectivity index (χ0v) is 20.2. The Hall–Kier alpha value is -3.32. The Morgan fingerprint density at radius 3 is 2.15 bits per heavy atom. The van der Waals surface area contributed by atoms with Crippen molar-refractivity contribution in [2.24, 2.45) is 0 Å². The molecule has 1 N–H and O–H groups in total. The minimum absolute atomic E-state index is 0.287. The number of carbonyl (C=O) groups is 1. The number of rotatable bonds is 7. The van der Waals surface area contributed by atoms with E-state index in [0.717, 1.165) is 28.3 Å². The summed E-state index contributed by atoms with van der Waals surface area (Å²) < 4.78 is 7.10. The first kappa shape index (κ1) is 23.8. The van der Waals surface area contributed by atoms with Crippen LogP contribution in [0.25, 0.3) is 16.9 Å². The number of amides is 1. The summed E-state index contributed by atoms with van der Waals surface area (Å²) in [6.07, 6.45) is 0.287. The molecule has 0 bridgehead atoms. The van der Waals surface area contributed by atoms with Crippen molar-refractivity contribution in [1.82, 2.24) is 14.8 Å². The Kier molecular flexibility index (Phi) is 7.22. The van der Waals surface area contributed by atoms with Crippen molar-refractivity contribution in [3.8, 4) is 22.7 Å². The summed E-state index contributed by atoms with van der Waals surface area (Å²) in [5, 5.41) is 16.5. The topological polar surface area (TPSA) is 67.6 Å². The number of hydroxylamine groups is 2. The second-order valence-corrected chi connectivity index (χ2v) is 8.68. The number of methoxy groups -OCH3 is 1. The summed E-state index contributed by atoms with van der Waals surface area (Å²) in [7, 11) is 2.94. The third-order valence-corrected chi connectivity index (χ3v) is 6.02. The number of halogens is 2. The van der Waals surface area contributed by atoms with E-state index in [4.69, 9.17) is 33.0 Å². The average molecular weight is 496 g/mol. The summed E-state index contributed by atoms with van der Waals surface area (Å²) in [5.74, 6) is -0.331. The van der Waals surface area contributed by atoms with Gasteiger partial charge in [-0.3, -0.25) is 10.0 Å². The maximum Gasteiger partial charge on any atom is 0.253 e. The Morgan fingerprint density at radius 2 is 1.59 bits per heavy atom. The molecule has 1 aromatic heterocycles. The van der Waals surface area contributed by atoms with E-state index in [9.17, 15) is 10.0 Å². The van der Waals surface area contributed by atoms with Crippen LogP contribution in [0.5, 0.6) is 5.75 Å². The van der Waals surface area contributed by atoms with Crippen molar-refractivity contribution >= 4 is 29.1 Å². The fraction of sp³-hybridized carbons (Fsp3) is 0.154. The van der Waals surface area contributed by atoms with E-state index in [1.807, 2.05) is 59.3 Å². The van der Waals surface area contributed by atoms with E-state index in [2.05, 4.69) is 0 Å². The van der Waals surface area contributed by atoms with Crippen LogP contribution in [0.2, 0.25) is 10.0 Å². The minimum Gasteiger partial charge on any atom is -0.497 e. The maximum atomic E-state index is 12.9. The summed E-state index contributed by atoms with van der Waals surface area (Å²) in [6.45, 7) is 0. The van der Waals surface area contributed by atoms with Crippen LogP contribution in [0, 0.1) is 0 Å². The first-order chi connectivity index (χ1) is 16.4. The zero-order chi connectivity index (χ0) is 24.2. The van der Waals surface area contributed by atoms with Crippen LogP contribution >= 0.6 is 23.2 Å². The molecule has 8 heteroatoms. The predicted octanol–water partition coefficient (Wildman–Crippen LogP) is 6.03. The minimum atomic E-state index is -0.635. The molecule has 1 unspecified atom stereocenters. The molecule has 3 aromatic carbocycles. The fourth-order valence-electron chi connectivity index (χ4n) is 3.75. The van der Waals surface area contributed by atoms with Crippen LogP contribution in [0.1, 0.15) is 17.2 Å². The molecule has 1 amide bonds. The van der Waals surface area contributed by atoms with Gasteiger partial charge in [0, 0.05) is 29.1 Å². The quantitative estimate of drug-likeness (QED) is 0.251. The van der Waals surface area contributed by atoms with Crippen LogP contribution in [-0.2, 0) is 11.2 Å². The van der Waals surface area contributed by atoms with Gasteiger partial charge < -0.3 is 4.74 Å². The largest absolute Gasteiger partial charge is 0.497 e. The van der Waals surface area contributed by atoms with Gasteiger partial charge >= 0.3 is 0 Å². The lowest BCUT2D eigenvalue weighted by molar-refractivity contribution is -0.161. The van der Waals surface area contributed by atoms with E-state index in [1.54, 1.807) is 31.4 Å². The third-order valence-electron chi connectivity index (χ3n) is 5.52. The molecule has 0 spiro atoms. The summed E-state index contributed by atoms with van der Waals surface area (Å²) in [4.78, 5) is 12.9. The summed E-state index contributed by atoms with van der Waals surface area (Å²) in [5.41, 5.74) is 4.04. The number of nitrogens with zero attached hydrogens (tertiary/aromatic N) is 3. The molecule has 1 atom stereocenters. The Balaban J connectivity index is 1.77. The lowest BCUT2D eigenvalue weighted by atomic mass is 9.93. The van der Waals surface area contributed by atoms with Gasteiger partial charge in [-0.1, -0.05) is 47.5 Å². The molecule has 1 heterocycles. The van der Waals surface area contributed by atoms with Gasteiger partial charge in [-0.25, -0.2) is 9.75 Å². The van der Waals surface area contributed by atoms with Crippen molar-refractivity contribution in [3.05, 3.63) is 100 Å². The number of hydrogen-bond donors (Lipinski definition) is 1. The highest BCUT2D eigenvalue weighted by Gasteiger charge is 2.26. The van der Waals surface area contributed by atoms with Gasteiger partial charge in [0.05, 0.1) is 30.1 Å². The molecule has 0 radical (unpaired) electrons. The van der Waals surface area contributed by atoms with Gasteiger partial charge in [-0.2, -0.15) is 5.10 Å². The van der Waals surface area contributed by atoms with E-state index in [1.165, 1.54) is 7.05 Å². The lowest BCUT2D eigenvalue weighted by Crippen LogP contribution is -2.30. The van der Waals surface area contributed by atoms with E-state index < -0.39 is 11.8 Å². The molecule has 4 aromatic rings. The highest BCUT2D eigenvalue weighted by Crippen LogP contribution is 2.30. The second kappa shape index (κ2) is 10.3. The number of aromatic nitrogens is 2. The van der Waals surface area contributed by atoms with Crippen LogP contribution < -0.4 is 4.74 Å². The molecule has 174 valence electrons. The van der Waals surface area contributed by atoms with Gasteiger partial charge in [0.15, 0.2) is 0 Å². The molecule has 34 heavy (non-hydrogen) atoms. The lowest BCUT2D eigenvalue weighted by Gasteiger charge is -2.19. The van der Waals surface area contributed by atoms with Crippen LogP contribution in [-0.4, -0.2) is 40.1 Å². The van der Waals surface area contributed by atoms with Gasteiger partial charge in [0.2, 0.25) is 0 Å². The highest BCUT2D eigenvalue weighted by atomic mass is 35.5. The number of hydrogen-bond acceptors (Lipinski definition) is 4. The Bertz CT molecular complexity index is 1270. The number of likely N-dealkylation sites (N-methyl/N-ethyl adjacent to an activating group) is 1. The zero-order valence-electron chi connectivity index (χ0n) is 18.7. The van der Waals surface area contributed by atoms with Gasteiger partial charge in [-0.05, 0) is 60.2 Å². The van der Waals surface area contributed by atoms with Crippen LogP contribution in [0.4, 0.5) is 0 Å². The molecule has 0 aliphatic heterocycles. The SMILES string of the molecule is COc1ccc(-n2nc(CC(C(=O)N(C)O)c3ccc(Cl)cc3)cc2-c2ccc(Cl)cc2)cc1. The van der Waals surface area contributed by atoms with Crippen molar-refractivity contribution in [2.75, 3.05) is 14.2 Å². The molecule has 0 aliphatic rings. The van der Waals surface area contributed by atoms with Gasteiger partial charge in [0.25, 0.3) is 5.91 Å². The molecule has 4 rings (SSSR count). The molecule has 0 saturated heterocycles. The molecular weight excluding hydrogens is 473 g/mol. The summed E-state index contributed by atoms with van der Waals surface area (Å²) >= 11 is 12.1. The Morgan fingerprint density at radius 1 is 1.00 bits per heavy atom. The fourth-order valence-corrected chi connectivity index (χ4v) is 4.01. The van der Waals surface area contributed by atoms with Crippen molar-refractivity contribution < 1.29 is 14.7 Å². The molecule has 0 saturated carbocycles. The van der Waals surface area contributed by atoms with E-state index in [0.29, 0.717) is 20.8 Å². The third kappa shape index (κ3) is 5.25. The number of ether oxygens (including phenoxy) is 1.